The van der Waals surface area contributed by atoms with Gasteiger partial charge in [0.2, 0.25) is 5.91 Å². The second kappa shape index (κ2) is 8.78. The molecule has 1 aliphatic heterocycles. The average Bonchev–Trinajstić information content (AvgIpc) is 3.19. The van der Waals surface area contributed by atoms with Gasteiger partial charge in [0, 0.05) is 36.0 Å². The normalized spacial score (nSPS) is 13.4. The Morgan fingerprint density at radius 2 is 1.80 bits per heavy atom. The van der Waals surface area contributed by atoms with Crippen LogP contribution in [0.25, 0.3) is 0 Å². The molecule has 0 bridgehead atoms. The number of carbonyl (C=O) groups excluding carboxylic acids is 2. The van der Waals surface area contributed by atoms with Crippen LogP contribution in [0.3, 0.4) is 0 Å². The largest absolute Gasteiger partial charge is 0.489 e. The molecule has 0 atom stereocenters. The number of hydrogen-bond acceptors (Lipinski definition) is 3. The summed E-state index contributed by atoms with van der Waals surface area (Å²) in [6, 6.07) is 20.2. The van der Waals surface area contributed by atoms with Crippen LogP contribution >= 0.6 is 0 Å². The maximum atomic E-state index is 13.0. The molecule has 0 aromatic heterocycles. The summed E-state index contributed by atoms with van der Waals surface area (Å²) in [5.41, 5.74) is 2.77. The lowest BCUT2D eigenvalue weighted by Crippen LogP contribution is -2.23. The summed E-state index contributed by atoms with van der Waals surface area (Å²) in [5, 5.41) is 2.85. The number of amides is 2. The lowest BCUT2D eigenvalue weighted by Gasteiger charge is -2.16. The van der Waals surface area contributed by atoms with Gasteiger partial charge in [0.25, 0.3) is 5.91 Å². The van der Waals surface area contributed by atoms with Crippen LogP contribution in [-0.4, -0.2) is 18.4 Å². The number of ether oxygens (including phenoxy) is 1. The lowest BCUT2D eigenvalue weighted by molar-refractivity contribution is -0.117. The van der Waals surface area contributed by atoms with E-state index in [0.717, 1.165) is 24.2 Å². The first-order valence-corrected chi connectivity index (χ1v) is 9.77. The summed E-state index contributed by atoms with van der Waals surface area (Å²) in [7, 11) is 0. The van der Waals surface area contributed by atoms with Crippen LogP contribution in [0.2, 0.25) is 0 Å². The summed E-state index contributed by atoms with van der Waals surface area (Å²) < 4.78 is 18.7. The molecule has 152 valence electrons. The second-order valence-electron chi connectivity index (χ2n) is 7.09. The maximum Gasteiger partial charge on any atom is 0.255 e. The summed E-state index contributed by atoms with van der Waals surface area (Å²) in [5.74, 6) is 0.179. The van der Waals surface area contributed by atoms with E-state index in [4.69, 9.17) is 4.74 Å². The molecule has 4 rings (SSSR count). The van der Waals surface area contributed by atoms with Crippen LogP contribution in [-0.2, 0) is 11.4 Å². The highest BCUT2D eigenvalue weighted by Gasteiger charge is 2.21. The molecule has 30 heavy (non-hydrogen) atoms. The topological polar surface area (TPSA) is 58.6 Å². The van der Waals surface area contributed by atoms with E-state index in [1.165, 1.54) is 12.1 Å². The number of anilines is 2. The third-order valence-corrected chi connectivity index (χ3v) is 4.93. The first-order chi connectivity index (χ1) is 14.6. The van der Waals surface area contributed by atoms with Crippen molar-refractivity contribution in [1.29, 1.82) is 0 Å². The fourth-order valence-electron chi connectivity index (χ4n) is 3.33. The van der Waals surface area contributed by atoms with Crippen molar-refractivity contribution in [1.82, 2.24) is 0 Å². The number of benzene rings is 3. The molecule has 0 aliphatic carbocycles. The zero-order valence-corrected chi connectivity index (χ0v) is 16.3. The van der Waals surface area contributed by atoms with Crippen molar-refractivity contribution < 1.29 is 18.7 Å². The summed E-state index contributed by atoms with van der Waals surface area (Å²) >= 11 is 0. The highest BCUT2D eigenvalue weighted by atomic mass is 19.1. The molecule has 0 radical (unpaired) electrons. The molecule has 2 amide bonds. The second-order valence-corrected chi connectivity index (χ2v) is 7.09. The Morgan fingerprint density at radius 3 is 2.50 bits per heavy atom. The average molecular weight is 404 g/mol. The number of halogens is 1. The van der Waals surface area contributed by atoms with Gasteiger partial charge in [-0.15, -0.1) is 0 Å². The van der Waals surface area contributed by atoms with E-state index in [2.05, 4.69) is 5.32 Å². The van der Waals surface area contributed by atoms with Crippen molar-refractivity contribution in [2.75, 3.05) is 16.8 Å². The van der Waals surface area contributed by atoms with Gasteiger partial charge in [-0.25, -0.2) is 4.39 Å². The molecule has 3 aromatic carbocycles. The summed E-state index contributed by atoms with van der Waals surface area (Å²) in [6.45, 7) is 1.02. The minimum Gasteiger partial charge on any atom is -0.489 e. The zero-order valence-electron chi connectivity index (χ0n) is 16.3. The molecule has 1 N–H and O–H groups in total. The van der Waals surface area contributed by atoms with Crippen molar-refractivity contribution in [2.45, 2.75) is 19.4 Å². The zero-order chi connectivity index (χ0) is 20.9. The maximum absolute atomic E-state index is 13.0. The Bertz CT molecular complexity index is 1050. The van der Waals surface area contributed by atoms with Crippen LogP contribution in [0, 0.1) is 5.82 Å². The molecule has 1 aliphatic rings. The van der Waals surface area contributed by atoms with E-state index < -0.39 is 0 Å². The van der Waals surface area contributed by atoms with Gasteiger partial charge in [-0.3, -0.25) is 9.59 Å². The van der Waals surface area contributed by atoms with Gasteiger partial charge in [0.15, 0.2) is 0 Å². The van der Waals surface area contributed by atoms with Gasteiger partial charge < -0.3 is 15.0 Å². The van der Waals surface area contributed by atoms with Gasteiger partial charge in [-0.2, -0.15) is 0 Å². The lowest BCUT2D eigenvalue weighted by atomic mass is 10.1. The quantitative estimate of drug-likeness (QED) is 0.643. The van der Waals surface area contributed by atoms with Crippen LogP contribution in [0.1, 0.15) is 28.8 Å². The SMILES string of the molecule is O=C(Nc1cccc(OCc2ccc(F)cc2)c1)c1ccc(N2CCCC2=O)cc1. The van der Waals surface area contributed by atoms with Crippen LogP contribution in [0.5, 0.6) is 5.75 Å². The number of rotatable bonds is 6. The standard InChI is InChI=1S/C24H21FN2O3/c25-19-10-6-17(7-11-19)16-30-22-4-1-3-20(15-22)26-24(29)18-8-12-21(13-9-18)27-14-2-5-23(27)28/h1,3-4,6-13,15H,2,5,14,16H2,(H,26,29). The molecule has 3 aromatic rings. The van der Waals surface area contributed by atoms with E-state index in [0.29, 0.717) is 30.0 Å². The summed E-state index contributed by atoms with van der Waals surface area (Å²) in [6.07, 6.45) is 1.43. The van der Waals surface area contributed by atoms with E-state index >= 15 is 0 Å². The monoisotopic (exact) mass is 404 g/mol. The van der Waals surface area contributed by atoms with Crippen molar-refractivity contribution >= 4 is 23.2 Å². The third kappa shape index (κ3) is 4.66. The van der Waals surface area contributed by atoms with E-state index in [-0.39, 0.29) is 17.6 Å². The van der Waals surface area contributed by atoms with Crippen LogP contribution < -0.4 is 15.0 Å². The Labute approximate surface area is 174 Å². The van der Waals surface area contributed by atoms with Gasteiger partial charge in [0.05, 0.1) is 0 Å². The molecule has 6 heteroatoms. The third-order valence-electron chi connectivity index (χ3n) is 4.93. The first-order valence-electron chi connectivity index (χ1n) is 9.77. The minimum atomic E-state index is -0.288. The van der Waals surface area contributed by atoms with E-state index in [1.807, 2.05) is 0 Å². The molecule has 0 saturated carbocycles. The molecular formula is C24H21FN2O3. The van der Waals surface area contributed by atoms with Gasteiger partial charge >= 0.3 is 0 Å². The van der Waals surface area contributed by atoms with E-state index in [1.54, 1.807) is 65.6 Å². The molecule has 1 heterocycles. The van der Waals surface area contributed by atoms with Crippen molar-refractivity contribution in [3.05, 3.63) is 89.7 Å². The highest BCUT2D eigenvalue weighted by Crippen LogP contribution is 2.23. The minimum absolute atomic E-state index is 0.115. The number of carbonyl (C=O) groups is 2. The molecule has 1 saturated heterocycles. The first kappa shape index (κ1) is 19.6. The van der Waals surface area contributed by atoms with Gasteiger partial charge in [-0.1, -0.05) is 18.2 Å². The predicted octanol–water partition coefficient (Wildman–Crippen LogP) is 4.78. The summed E-state index contributed by atoms with van der Waals surface area (Å²) in [4.78, 5) is 26.1. The van der Waals surface area contributed by atoms with Crippen molar-refractivity contribution in [3.8, 4) is 5.75 Å². The Morgan fingerprint density at radius 1 is 1.03 bits per heavy atom. The van der Waals surface area contributed by atoms with Crippen LogP contribution in [0.4, 0.5) is 15.8 Å². The smallest absolute Gasteiger partial charge is 0.255 e. The van der Waals surface area contributed by atoms with Crippen molar-refractivity contribution in [2.24, 2.45) is 0 Å². The number of hydrogen-bond donors (Lipinski definition) is 1. The fourth-order valence-corrected chi connectivity index (χ4v) is 3.33. The molecule has 0 spiro atoms. The van der Waals surface area contributed by atoms with Gasteiger partial charge in [-0.05, 0) is 60.5 Å². The molecule has 1 fully saturated rings. The Kier molecular flexibility index (Phi) is 5.75. The van der Waals surface area contributed by atoms with E-state index in [9.17, 15) is 14.0 Å². The van der Waals surface area contributed by atoms with Crippen LogP contribution in [0.15, 0.2) is 72.8 Å². The number of nitrogens with zero attached hydrogens (tertiary/aromatic N) is 1. The fraction of sp³-hybridized carbons (Fsp3) is 0.167. The number of nitrogens with one attached hydrogen (secondary N) is 1. The molecule has 0 unspecified atom stereocenters. The van der Waals surface area contributed by atoms with Gasteiger partial charge in [0.1, 0.15) is 18.2 Å². The molecule has 5 nitrogen and oxygen atoms in total. The Hall–Kier alpha value is -3.67. The Balaban J connectivity index is 1.37. The highest BCUT2D eigenvalue weighted by molar-refractivity contribution is 6.05. The molecular weight excluding hydrogens is 383 g/mol. The van der Waals surface area contributed by atoms with Crippen molar-refractivity contribution in [3.63, 3.8) is 0 Å². The predicted molar refractivity (Wildman–Crippen MR) is 113 cm³/mol.